The van der Waals surface area contributed by atoms with Crippen molar-refractivity contribution in [1.82, 2.24) is 0 Å². The highest BCUT2D eigenvalue weighted by Crippen LogP contribution is 2.03. The van der Waals surface area contributed by atoms with Gasteiger partial charge in [-0.3, -0.25) is 0 Å². The summed E-state index contributed by atoms with van der Waals surface area (Å²) in [5.74, 6) is 0. The van der Waals surface area contributed by atoms with Crippen molar-refractivity contribution >= 4 is 7.82 Å². The van der Waals surface area contributed by atoms with Gasteiger partial charge in [-0.25, -0.2) is 0 Å². The van der Waals surface area contributed by atoms with Gasteiger partial charge in [-0.2, -0.15) is 7.82 Å². The maximum atomic E-state index is 8.61. The van der Waals surface area contributed by atoms with E-state index in [9.17, 15) is 0 Å². The van der Waals surface area contributed by atoms with Crippen LogP contribution in [0.15, 0.2) is 0 Å². The predicted molar refractivity (Wildman–Crippen MR) is 49.0 cm³/mol. The van der Waals surface area contributed by atoms with E-state index in [4.69, 9.17) is 24.4 Å². The number of quaternary nitrogens is 1. The van der Waals surface area contributed by atoms with Crippen molar-refractivity contribution in [2.45, 2.75) is 13.3 Å². The first-order chi connectivity index (χ1) is 6.12. The Morgan fingerprint density at radius 3 is 1.86 bits per heavy atom. The fourth-order valence-corrected chi connectivity index (χ4v) is 0.988. The summed E-state index contributed by atoms with van der Waals surface area (Å²) in [6.07, 6.45) is 1.19. The van der Waals surface area contributed by atoms with Gasteiger partial charge in [0.1, 0.15) is 6.54 Å². The lowest BCUT2D eigenvalue weighted by Crippen LogP contribution is -2.42. The Bertz CT molecular complexity index is 171. The molecule has 6 nitrogen and oxygen atoms in total. The molecule has 0 saturated heterocycles. The molecule has 14 heavy (non-hydrogen) atoms. The molecule has 0 aromatic heterocycles. The highest BCUT2D eigenvalue weighted by Gasteiger charge is 2.10. The number of aliphatic hydroxyl groups is 1. The molecular formula is C7H20NO5P. The lowest BCUT2D eigenvalue weighted by Gasteiger charge is -2.36. The second kappa shape index (κ2) is 7.34. The Kier molecular flexibility index (Phi) is 8.63. The van der Waals surface area contributed by atoms with Crippen molar-refractivity contribution in [2.75, 3.05) is 33.8 Å². The van der Waals surface area contributed by atoms with Crippen molar-refractivity contribution < 1.29 is 31.7 Å². The molecule has 7 heteroatoms. The minimum absolute atomic E-state index is 0. The van der Waals surface area contributed by atoms with Crippen LogP contribution in [0.1, 0.15) is 16.2 Å². The van der Waals surface area contributed by atoms with Crippen molar-refractivity contribution in [2.24, 2.45) is 0 Å². The molecule has 0 unspecified atom stereocenters. The summed E-state index contributed by atoms with van der Waals surface area (Å²) in [4.78, 5) is 25.6. The van der Waals surface area contributed by atoms with Crippen LogP contribution in [0.3, 0.4) is 0 Å². The molecule has 0 atom stereocenters. The zero-order valence-electron chi connectivity index (χ0n) is 10.8. The van der Waals surface area contributed by atoms with Gasteiger partial charge in [-0.1, -0.05) is 6.92 Å². The topological polar surface area (TPSA) is 106 Å². The van der Waals surface area contributed by atoms with Gasteiger partial charge in [0.05, 0.1) is 27.2 Å². The first kappa shape index (κ1) is 16.5. The van der Waals surface area contributed by atoms with E-state index in [1.807, 2.05) is 0 Å². The molecule has 0 bridgehead atoms. The van der Waals surface area contributed by atoms with Crippen molar-refractivity contribution in [1.29, 1.82) is 0 Å². The van der Waals surface area contributed by atoms with E-state index < -0.39 is 7.82 Å². The zero-order chi connectivity index (χ0) is 11.8. The number of aliphatic hydroxyl groups excluding tert-OH is 1. The van der Waals surface area contributed by atoms with Gasteiger partial charge in [-0.15, -0.1) is 0 Å². The molecule has 0 aliphatic rings. The van der Waals surface area contributed by atoms with Crippen LogP contribution in [0.25, 0.3) is 0 Å². The normalized spacial score (nSPS) is 11.9. The highest BCUT2D eigenvalue weighted by molar-refractivity contribution is 7.40. The van der Waals surface area contributed by atoms with Crippen LogP contribution in [-0.4, -0.2) is 43.4 Å². The summed E-state index contributed by atoms with van der Waals surface area (Å²) in [6.45, 7) is 4.48. The Labute approximate surface area is 87.6 Å². The molecule has 0 radical (unpaired) electrons. The Balaban J connectivity index is -0.0000000904. The summed E-state index contributed by atoms with van der Waals surface area (Å²) in [5, 5.41) is 8.61. The van der Waals surface area contributed by atoms with E-state index in [0.29, 0.717) is 6.61 Å². The fraction of sp³-hybridized carbons (Fsp3) is 1.00. The standard InChI is InChI=1S/C7H18NO.H3O4P/c1-4-5-8(2,3)6-7-9;1-5(2,3)4/h9H,4-7H2,1-3H3;(H3,1,2,3,4)/q+1;/p-1. The van der Waals surface area contributed by atoms with Gasteiger partial charge < -0.3 is 28.8 Å². The highest BCUT2D eigenvalue weighted by atomic mass is 31.2. The number of likely N-dealkylation sites (N-methyl/N-ethyl adjacent to an activating group) is 1. The maximum absolute atomic E-state index is 8.61. The molecule has 0 rings (SSSR count). The average Bonchev–Trinajstić information content (AvgIpc) is 1.81. The maximum Gasteiger partial charge on any atom is 1.00 e. The van der Waals surface area contributed by atoms with E-state index in [0.717, 1.165) is 17.6 Å². The van der Waals surface area contributed by atoms with Crippen LogP contribution in [0, 0.1) is 0 Å². The Morgan fingerprint density at radius 1 is 1.29 bits per heavy atom. The van der Waals surface area contributed by atoms with Crippen molar-refractivity contribution in [3.8, 4) is 0 Å². The third kappa shape index (κ3) is 22.7. The number of hydrogen-bond donors (Lipinski definition) is 1. The van der Waals surface area contributed by atoms with Gasteiger partial charge in [-0.05, 0) is 6.42 Å². The third-order valence-electron chi connectivity index (χ3n) is 1.53. The van der Waals surface area contributed by atoms with E-state index in [1.165, 1.54) is 6.42 Å². The zero-order valence-corrected chi connectivity index (χ0v) is 9.70. The summed E-state index contributed by atoms with van der Waals surface area (Å²) >= 11 is 0. The molecule has 0 aromatic rings. The number of rotatable bonds is 4. The Hall–Kier alpha value is 0.0300. The quantitative estimate of drug-likeness (QED) is 0.437. The van der Waals surface area contributed by atoms with Crippen molar-refractivity contribution in [3.05, 3.63) is 0 Å². The van der Waals surface area contributed by atoms with Gasteiger partial charge in [0.15, 0.2) is 0 Å². The monoisotopic (exact) mass is 229 g/mol. The smallest absolute Gasteiger partial charge is 0.822 e. The van der Waals surface area contributed by atoms with E-state index in [2.05, 4.69) is 21.0 Å². The molecule has 88 valence electrons. The minimum Gasteiger partial charge on any atom is -0.822 e. The van der Waals surface area contributed by atoms with Gasteiger partial charge in [0.25, 0.3) is 0 Å². The van der Waals surface area contributed by atoms with Gasteiger partial charge in [0.2, 0.25) is 0 Å². The molecule has 0 spiro atoms. The van der Waals surface area contributed by atoms with Crippen LogP contribution in [0.5, 0.6) is 0 Å². The van der Waals surface area contributed by atoms with Crippen LogP contribution in [0.2, 0.25) is 0 Å². The molecule has 0 amide bonds. The first-order valence-electron chi connectivity index (χ1n) is 4.28. The first-order valence-corrected chi connectivity index (χ1v) is 5.74. The number of nitrogens with zero attached hydrogens (tertiary/aromatic N) is 1. The van der Waals surface area contributed by atoms with Crippen molar-refractivity contribution in [3.63, 3.8) is 0 Å². The van der Waals surface area contributed by atoms with E-state index in [1.54, 1.807) is 0 Å². The third-order valence-corrected chi connectivity index (χ3v) is 1.53. The second-order valence-electron chi connectivity index (χ2n) is 3.55. The second-order valence-corrected chi connectivity index (χ2v) is 4.45. The van der Waals surface area contributed by atoms with Crippen LogP contribution >= 0.6 is 7.82 Å². The van der Waals surface area contributed by atoms with Crippen LogP contribution in [-0.2, 0) is 4.57 Å². The summed E-state index contributed by atoms with van der Waals surface area (Å²) < 4.78 is 9.49. The molecule has 0 aliphatic heterocycles. The van der Waals surface area contributed by atoms with Gasteiger partial charge in [0, 0.05) is 0 Å². The molecule has 0 saturated carbocycles. The lowest BCUT2D eigenvalue weighted by atomic mass is 10.4. The number of hydrogen-bond acceptors (Lipinski definition) is 5. The Morgan fingerprint density at radius 2 is 1.64 bits per heavy atom. The minimum atomic E-state index is -5.39. The van der Waals surface area contributed by atoms with Crippen LogP contribution in [0.4, 0.5) is 0 Å². The van der Waals surface area contributed by atoms with Crippen LogP contribution < -0.4 is 14.7 Å². The van der Waals surface area contributed by atoms with Gasteiger partial charge >= 0.3 is 2.85 Å². The lowest BCUT2D eigenvalue weighted by molar-refractivity contribution is -0.890. The fourth-order valence-electron chi connectivity index (χ4n) is 0.988. The van der Waals surface area contributed by atoms with E-state index >= 15 is 0 Å². The molecule has 0 aromatic carbocycles. The molecule has 0 fully saturated rings. The number of phosphoric acid groups is 1. The summed E-state index contributed by atoms with van der Waals surface area (Å²) in [6, 6.07) is 0. The molecular weight excluding hydrogens is 209 g/mol. The molecule has 1 N–H and O–H groups in total. The molecule has 0 heterocycles. The predicted octanol–water partition coefficient (Wildman–Crippen LogP) is -2.13. The largest absolute Gasteiger partial charge is 1.00 e. The summed E-state index contributed by atoms with van der Waals surface area (Å²) in [7, 11) is -1.11. The molecule has 0 aliphatic carbocycles. The average molecular weight is 229 g/mol. The summed E-state index contributed by atoms with van der Waals surface area (Å²) in [5.41, 5.74) is 0. The SMILES string of the molecule is CCC[N+](C)(C)CCO.O=P([O-])([O-])[O-].[H+].[H+]. The van der Waals surface area contributed by atoms with E-state index in [-0.39, 0.29) is 2.85 Å².